The molecule has 0 saturated carbocycles. The Balaban J connectivity index is 3.41. The van der Waals surface area contributed by atoms with Gasteiger partial charge in [-0.25, -0.2) is 13.1 Å². The minimum atomic E-state index is -3.12. The lowest BCUT2D eigenvalue weighted by atomic mass is 10.3. The molecule has 0 bridgehead atoms. The SMILES string of the molecule is CNCCCCS(=O)(=O)NCCCOCCOC. The van der Waals surface area contributed by atoms with Crippen LogP contribution in [0.3, 0.4) is 0 Å². The summed E-state index contributed by atoms with van der Waals surface area (Å²) in [5.41, 5.74) is 0. The molecule has 0 unspecified atom stereocenters. The topological polar surface area (TPSA) is 76.7 Å². The number of methoxy groups -OCH3 is 1. The molecule has 0 heterocycles. The Kier molecular flexibility index (Phi) is 11.7. The van der Waals surface area contributed by atoms with E-state index in [1.807, 2.05) is 7.05 Å². The maximum Gasteiger partial charge on any atom is 0.211 e. The Labute approximate surface area is 110 Å². The van der Waals surface area contributed by atoms with Gasteiger partial charge in [0.1, 0.15) is 0 Å². The van der Waals surface area contributed by atoms with Crippen LogP contribution in [-0.4, -0.2) is 61.2 Å². The molecular formula is C11H26N2O4S. The number of rotatable bonds is 13. The van der Waals surface area contributed by atoms with Crippen LogP contribution >= 0.6 is 0 Å². The molecule has 0 atom stereocenters. The molecule has 18 heavy (non-hydrogen) atoms. The van der Waals surface area contributed by atoms with Crippen molar-refractivity contribution < 1.29 is 17.9 Å². The third-order valence-corrected chi connectivity index (χ3v) is 3.78. The Morgan fingerprint density at radius 2 is 1.78 bits per heavy atom. The second kappa shape index (κ2) is 11.9. The molecule has 0 aromatic rings. The van der Waals surface area contributed by atoms with Crippen LogP contribution in [0.15, 0.2) is 0 Å². The van der Waals surface area contributed by atoms with Crippen LogP contribution in [0.2, 0.25) is 0 Å². The fourth-order valence-electron chi connectivity index (χ4n) is 1.31. The Bertz CT molecular complexity index is 270. The van der Waals surface area contributed by atoms with Crippen molar-refractivity contribution in [1.82, 2.24) is 10.0 Å². The van der Waals surface area contributed by atoms with Crippen LogP contribution in [-0.2, 0) is 19.5 Å². The van der Waals surface area contributed by atoms with Crippen molar-refractivity contribution in [3.8, 4) is 0 Å². The summed E-state index contributed by atoms with van der Waals surface area (Å²) >= 11 is 0. The van der Waals surface area contributed by atoms with E-state index >= 15 is 0 Å². The van der Waals surface area contributed by atoms with Gasteiger partial charge >= 0.3 is 0 Å². The number of nitrogens with one attached hydrogen (secondary N) is 2. The van der Waals surface area contributed by atoms with Gasteiger partial charge in [0, 0.05) is 20.3 Å². The van der Waals surface area contributed by atoms with Crippen LogP contribution in [0.1, 0.15) is 19.3 Å². The fraction of sp³-hybridized carbons (Fsp3) is 1.00. The Morgan fingerprint density at radius 1 is 1.00 bits per heavy atom. The molecule has 0 aromatic carbocycles. The lowest BCUT2D eigenvalue weighted by Gasteiger charge is -2.07. The smallest absolute Gasteiger partial charge is 0.211 e. The first kappa shape index (κ1) is 17.8. The summed E-state index contributed by atoms with van der Waals surface area (Å²) in [6, 6.07) is 0. The highest BCUT2D eigenvalue weighted by molar-refractivity contribution is 7.89. The van der Waals surface area contributed by atoms with Gasteiger partial charge in [-0.2, -0.15) is 0 Å². The van der Waals surface area contributed by atoms with Gasteiger partial charge in [-0.3, -0.25) is 0 Å². The van der Waals surface area contributed by atoms with Gasteiger partial charge in [-0.05, 0) is 32.9 Å². The van der Waals surface area contributed by atoms with Gasteiger partial charge in [0.15, 0.2) is 0 Å². The molecule has 0 amide bonds. The maximum atomic E-state index is 11.5. The van der Waals surface area contributed by atoms with Crippen molar-refractivity contribution in [2.45, 2.75) is 19.3 Å². The van der Waals surface area contributed by atoms with Crippen molar-refractivity contribution in [3.63, 3.8) is 0 Å². The summed E-state index contributed by atoms with van der Waals surface area (Å²) in [4.78, 5) is 0. The van der Waals surface area contributed by atoms with E-state index in [1.165, 1.54) is 0 Å². The summed E-state index contributed by atoms with van der Waals surface area (Å²) in [6.07, 6.45) is 2.23. The lowest BCUT2D eigenvalue weighted by molar-refractivity contribution is 0.0699. The van der Waals surface area contributed by atoms with Gasteiger partial charge < -0.3 is 14.8 Å². The van der Waals surface area contributed by atoms with Gasteiger partial charge in [0.05, 0.1) is 19.0 Å². The third kappa shape index (κ3) is 12.3. The van der Waals surface area contributed by atoms with Crippen molar-refractivity contribution in [2.75, 3.05) is 52.8 Å². The van der Waals surface area contributed by atoms with Gasteiger partial charge in [-0.15, -0.1) is 0 Å². The quantitative estimate of drug-likeness (QED) is 0.464. The second-order valence-corrected chi connectivity index (χ2v) is 5.91. The molecular weight excluding hydrogens is 256 g/mol. The molecule has 0 spiro atoms. The average molecular weight is 282 g/mol. The van der Waals surface area contributed by atoms with Crippen molar-refractivity contribution in [1.29, 1.82) is 0 Å². The van der Waals surface area contributed by atoms with E-state index in [0.29, 0.717) is 39.2 Å². The normalized spacial score (nSPS) is 11.9. The van der Waals surface area contributed by atoms with Crippen LogP contribution in [0, 0.1) is 0 Å². The number of sulfonamides is 1. The van der Waals surface area contributed by atoms with Crippen LogP contribution in [0.25, 0.3) is 0 Å². The molecule has 110 valence electrons. The van der Waals surface area contributed by atoms with E-state index in [4.69, 9.17) is 9.47 Å². The number of hydrogen-bond acceptors (Lipinski definition) is 5. The van der Waals surface area contributed by atoms with Gasteiger partial charge in [0.2, 0.25) is 10.0 Å². The molecule has 0 aliphatic carbocycles. The summed E-state index contributed by atoms with van der Waals surface area (Å²) in [5, 5.41) is 2.99. The number of unbranched alkanes of at least 4 members (excludes halogenated alkanes) is 1. The predicted octanol–water partition coefficient (Wildman–Crippen LogP) is -0.0415. The molecule has 0 aromatic heterocycles. The summed E-state index contributed by atoms with van der Waals surface area (Å²) in [7, 11) is 0.357. The molecule has 0 rings (SSSR count). The first-order chi connectivity index (χ1) is 8.62. The standard InChI is InChI=1S/C11H26N2O4S/c1-12-6-3-4-11-18(14,15)13-7-5-8-17-10-9-16-2/h12-13H,3-11H2,1-2H3. The molecule has 0 radical (unpaired) electrons. The summed E-state index contributed by atoms with van der Waals surface area (Å²) < 4.78 is 35.7. The molecule has 0 aliphatic heterocycles. The zero-order chi connectivity index (χ0) is 13.7. The van der Waals surface area contributed by atoms with Crippen LogP contribution < -0.4 is 10.0 Å². The van der Waals surface area contributed by atoms with Crippen LogP contribution in [0.4, 0.5) is 0 Å². The maximum absolute atomic E-state index is 11.5. The van der Waals surface area contributed by atoms with Gasteiger partial charge in [0.25, 0.3) is 0 Å². The van der Waals surface area contributed by atoms with Crippen molar-refractivity contribution >= 4 is 10.0 Å². The number of hydrogen-bond donors (Lipinski definition) is 2. The van der Waals surface area contributed by atoms with Crippen LogP contribution in [0.5, 0.6) is 0 Å². The first-order valence-electron chi connectivity index (χ1n) is 6.31. The summed E-state index contributed by atoms with van der Waals surface area (Å²) in [6.45, 7) is 2.94. The molecule has 0 fully saturated rings. The molecule has 6 nitrogen and oxygen atoms in total. The monoisotopic (exact) mass is 282 g/mol. The Hall–Kier alpha value is -0.210. The average Bonchev–Trinajstić information content (AvgIpc) is 2.34. The van der Waals surface area contributed by atoms with E-state index in [-0.39, 0.29) is 5.75 Å². The third-order valence-electron chi connectivity index (χ3n) is 2.31. The van der Waals surface area contributed by atoms with E-state index < -0.39 is 10.0 Å². The highest BCUT2D eigenvalue weighted by Crippen LogP contribution is 1.94. The second-order valence-electron chi connectivity index (χ2n) is 3.98. The Morgan fingerprint density at radius 3 is 2.44 bits per heavy atom. The molecule has 0 aliphatic rings. The first-order valence-corrected chi connectivity index (χ1v) is 7.96. The van der Waals surface area contributed by atoms with E-state index in [1.54, 1.807) is 7.11 Å². The fourth-order valence-corrected chi connectivity index (χ4v) is 2.50. The van der Waals surface area contributed by atoms with Gasteiger partial charge in [-0.1, -0.05) is 0 Å². The molecule has 2 N–H and O–H groups in total. The zero-order valence-electron chi connectivity index (χ0n) is 11.4. The number of ether oxygens (including phenoxy) is 2. The largest absolute Gasteiger partial charge is 0.382 e. The lowest BCUT2D eigenvalue weighted by Crippen LogP contribution is -2.28. The van der Waals surface area contributed by atoms with Crippen molar-refractivity contribution in [2.24, 2.45) is 0 Å². The van der Waals surface area contributed by atoms with E-state index in [2.05, 4.69) is 10.0 Å². The highest BCUT2D eigenvalue weighted by atomic mass is 32.2. The van der Waals surface area contributed by atoms with Crippen molar-refractivity contribution in [3.05, 3.63) is 0 Å². The minimum absolute atomic E-state index is 0.194. The zero-order valence-corrected chi connectivity index (χ0v) is 12.2. The minimum Gasteiger partial charge on any atom is -0.382 e. The molecule has 7 heteroatoms. The summed E-state index contributed by atoms with van der Waals surface area (Å²) in [5.74, 6) is 0.194. The predicted molar refractivity (Wildman–Crippen MR) is 72.3 cm³/mol. The molecule has 0 saturated heterocycles. The highest BCUT2D eigenvalue weighted by Gasteiger charge is 2.08. The van der Waals surface area contributed by atoms with E-state index in [9.17, 15) is 8.42 Å². The van der Waals surface area contributed by atoms with E-state index in [0.717, 1.165) is 13.0 Å².